The molecular weight excluding hydrogens is 362 g/mol. The molecule has 2 aromatic rings. The van der Waals surface area contributed by atoms with Crippen molar-refractivity contribution in [1.29, 1.82) is 5.26 Å². The van der Waals surface area contributed by atoms with Crippen LogP contribution in [0.4, 0.5) is 0 Å². The van der Waals surface area contributed by atoms with E-state index in [9.17, 15) is 8.42 Å². The standard InChI is InChI=1S/C19H23N5O2S/c1-14-17(22-13-21-14)10-24-6-5-23(18-11-27(25,26)12-19(18)24)9-16-4-2-3-15(7-16)8-20/h2-4,7,13,18-19H,5-6,9-12H2,1H3,(H,21,22). The highest BCUT2D eigenvalue weighted by molar-refractivity contribution is 7.91. The summed E-state index contributed by atoms with van der Waals surface area (Å²) in [5, 5.41) is 9.11. The average Bonchev–Trinajstić information content (AvgIpc) is 3.19. The molecular formula is C19H23N5O2S. The molecule has 2 atom stereocenters. The van der Waals surface area contributed by atoms with E-state index in [0.29, 0.717) is 18.7 Å². The Bertz CT molecular complexity index is 978. The van der Waals surface area contributed by atoms with Gasteiger partial charge in [-0.25, -0.2) is 13.4 Å². The molecule has 7 nitrogen and oxygen atoms in total. The quantitative estimate of drug-likeness (QED) is 0.846. The van der Waals surface area contributed by atoms with Crippen molar-refractivity contribution in [3.05, 3.63) is 53.1 Å². The van der Waals surface area contributed by atoms with Crippen LogP contribution in [0.3, 0.4) is 0 Å². The van der Waals surface area contributed by atoms with Crippen molar-refractivity contribution in [3.8, 4) is 6.07 Å². The number of H-pyrrole nitrogens is 1. The fraction of sp³-hybridized carbons (Fsp3) is 0.474. The van der Waals surface area contributed by atoms with Crippen molar-refractivity contribution in [2.24, 2.45) is 0 Å². The van der Waals surface area contributed by atoms with E-state index in [2.05, 4.69) is 25.8 Å². The van der Waals surface area contributed by atoms with E-state index in [-0.39, 0.29) is 23.6 Å². The zero-order valence-corrected chi connectivity index (χ0v) is 16.1. The van der Waals surface area contributed by atoms with Crippen molar-refractivity contribution in [2.45, 2.75) is 32.1 Å². The molecule has 4 rings (SSSR count). The molecule has 1 aromatic carbocycles. The first-order chi connectivity index (χ1) is 12.9. The molecule has 3 heterocycles. The molecule has 0 bridgehead atoms. The third-order valence-electron chi connectivity index (χ3n) is 5.63. The molecule has 2 saturated heterocycles. The Morgan fingerprint density at radius 1 is 1.22 bits per heavy atom. The second-order valence-corrected chi connectivity index (χ2v) is 9.59. The van der Waals surface area contributed by atoms with Gasteiger partial charge in [-0.1, -0.05) is 12.1 Å². The number of aromatic nitrogens is 2. The van der Waals surface area contributed by atoms with Crippen LogP contribution in [0.25, 0.3) is 0 Å². The lowest BCUT2D eigenvalue weighted by Gasteiger charge is -2.43. The maximum absolute atomic E-state index is 12.4. The van der Waals surface area contributed by atoms with Gasteiger partial charge < -0.3 is 4.98 Å². The van der Waals surface area contributed by atoms with Crippen LogP contribution in [0.5, 0.6) is 0 Å². The van der Waals surface area contributed by atoms with Gasteiger partial charge in [-0.05, 0) is 24.6 Å². The van der Waals surface area contributed by atoms with Crippen molar-refractivity contribution in [1.82, 2.24) is 19.8 Å². The topological polar surface area (TPSA) is 93.1 Å². The van der Waals surface area contributed by atoms with Crippen LogP contribution in [0.1, 0.15) is 22.5 Å². The first kappa shape index (κ1) is 18.2. The summed E-state index contributed by atoms with van der Waals surface area (Å²) in [6.07, 6.45) is 1.69. The number of imidazole rings is 1. The number of rotatable bonds is 4. The Morgan fingerprint density at radius 2 is 1.93 bits per heavy atom. The maximum atomic E-state index is 12.4. The lowest BCUT2D eigenvalue weighted by molar-refractivity contribution is 0.0347. The van der Waals surface area contributed by atoms with Crippen LogP contribution < -0.4 is 0 Å². The minimum atomic E-state index is -3.05. The number of hydrogen-bond donors (Lipinski definition) is 1. The van der Waals surface area contributed by atoms with Gasteiger partial charge >= 0.3 is 0 Å². The van der Waals surface area contributed by atoms with E-state index in [1.54, 1.807) is 12.4 Å². The molecule has 0 saturated carbocycles. The summed E-state index contributed by atoms with van der Waals surface area (Å²) in [5.41, 5.74) is 3.70. The number of nitrogens with one attached hydrogen (secondary N) is 1. The Morgan fingerprint density at radius 3 is 2.56 bits per heavy atom. The molecule has 2 aliphatic heterocycles. The summed E-state index contributed by atoms with van der Waals surface area (Å²) in [7, 11) is -3.05. The normalized spacial score (nSPS) is 25.2. The largest absolute Gasteiger partial charge is 0.348 e. The van der Waals surface area contributed by atoms with E-state index in [1.807, 2.05) is 25.1 Å². The number of hydrogen-bond acceptors (Lipinski definition) is 6. The number of nitriles is 1. The van der Waals surface area contributed by atoms with E-state index >= 15 is 0 Å². The van der Waals surface area contributed by atoms with Gasteiger partial charge in [0.05, 0.1) is 35.2 Å². The van der Waals surface area contributed by atoms with Gasteiger partial charge in [0.2, 0.25) is 0 Å². The third-order valence-corrected chi connectivity index (χ3v) is 7.33. The smallest absolute Gasteiger partial charge is 0.153 e. The maximum Gasteiger partial charge on any atom is 0.153 e. The number of sulfone groups is 1. The number of nitrogens with zero attached hydrogens (tertiary/aromatic N) is 4. The molecule has 0 spiro atoms. The third kappa shape index (κ3) is 3.76. The highest BCUT2D eigenvalue weighted by Gasteiger charge is 2.46. The molecule has 8 heteroatoms. The number of aromatic amines is 1. The average molecular weight is 385 g/mol. The second kappa shape index (κ2) is 7.08. The SMILES string of the molecule is Cc1[nH]cnc1CN1CCN(Cc2cccc(C#N)c2)C2CS(=O)(=O)CC21. The molecule has 0 aliphatic carbocycles. The summed E-state index contributed by atoms with van der Waals surface area (Å²) < 4.78 is 24.8. The number of aryl methyl sites for hydroxylation is 1. The van der Waals surface area contributed by atoms with E-state index in [0.717, 1.165) is 30.0 Å². The number of fused-ring (bicyclic) bond motifs is 1. The van der Waals surface area contributed by atoms with E-state index < -0.39 is 9.84 Å². The highest BCUT2D eigenvalue weighted by atomic mass is 32.2. The second-order valence-electron chi connectivity index (χ2n) is 7.44. The minimum Gasteiger partial charge on any atom is -0.348 e. The fourth-order valence-corrected chi connectivity index (χ4v) is 6.24. The van der Waals surface area contributed by atoms with Gasteiger partial charge in [-0.15, -0.1) is 0 Å². The zero-order valence-electron chi connectivity index (χ0n) is 15.3. The van der Waals surface area contributed by atoms with E-state index in [4.69, 9.17) is 5.26 Å². The predicted molar refractivity (Wildman–Crippen MR) is 102 cm³/mol. The molecule has 0 radical (unpaired) electrons. The van der Waals surface area contributed by atoms with Crippen LogP contribution in [0, 0.1) is 18.3 Å². The highest BCUT2D eigenvalue weighted by Crippen LogP contribution is 2.29. The fourth-order valence-electron chi connectivity index (χ4n) is 4.20. The molecule has 1 N–H and O–H groups in total. The van der Waals surface area contributed by atoms with Crippen LogP contribution in [-0.2, 0) is 22.9 Å². The van der Waals surface area contributed by atoms with Crippen LogP contribution in [-0.4, -0.2) is 64.9 Å². The van der Waals surface area contributed by atoms with Crippen molar-refractivity contribution < 1.29 is 8.42 Å². The summed E-state index contributed by atoms with van der Waals surface area (Å²) in [6, 6.07) is 9.69. The molecule has 1 aromatic heterocycles. The van der Waals surface area contributed by atoms with Gasteiger partial charge in [0.1, 0.15) is 0 Å². The van der Waals surface area contributed by atoms with Crippen LogP contribution in [0.2, 0.25) is 0 Å². The minimum absolute atomic E-state index is 0.0148. The van der Waals surface area contributed by atoms with Gasteiger partial charge in [-0.2, -0.15) is 5.26 Å². The Kier molecular flexibility index (Phi) is 4.76. The number of piperazine rings is 1. The Hall–Kier alpha value is -2.21. The van der Waals surface area contributed by atoms with Gasteiger partial charge in [0, 0.05) is 44.0 Å². The summed E-state index contributed by atoms with van der Waals surface area (Å²) >= 11 is 0. The van der Waals surface area contributed by atoms with Gasteiger partial charge in [0.15, 0.2) is 9.84 Å². The molecule has 27 heavy (non-hydrogen) atoms. The molecule has 2 aliphatic rings. The first-order valence-corrected chi connectivity index (χ1v) is 10.9. The summed E-state index contributed by atoms with van der Waals surface area (Å²) in [6.45, 7) is 4.94. The molecule has 142 valence electrons. The summed E-state index contributed by atoms with van der Waals surface area (Å²) in [5.74, 6) is 0.404. The first-order valence-electron chi connectivity index (χ1n) is 9.11. The van der Waals surface area contributed by atoms with Crippen molar-refractivity contribution >= 4 is 9.84 Å². The van der Waals surface area contributed by atoms with Crippen molar-refractivity contribution in [3.63, 3.8) is 0 Å². The van der Waals surface area contributed by atoms with Crippen molar-refractivity contribution in [2.75, 3.05) is 24.6 Å². The lowest BCUT2D eigenvalue weighted by atomic mass is 10.0. The van der Waals surface area contributed by atoms with Gasteiger partial charge in [0.25, 0.3) is 0 Å². The Balaban J connectivity index is 1.55. The number of benzene rings is 1. The molecule has 2 unspecified atom stereocenters. The summed E-state index contributed by atoms with van der Waals surface area (Å²) in [4.78, 5) is 12.0. The lowest BCUT2D eigenvalue weighted by Crippen LogP contribution is -2.58. The van der Waals surface area contributed by atoms with Gasteiger partial charge in [-0.3, -0.25) is 9.80 Å². The van der Waals surface area contributed by atoms with Crippen LogP contribution in [0.15, 0.2) is 30.6 Å². The van der Waals surface area contributed by atoms with Crippen LogP contribution >= 0.6 is 0 Å². The zero-order chi connectivity index (χ0) is 19.0. The van der Waals surface area contributed by atoms with E-state index in [1.165, 1.54) is 0 Å². The monoisotopic (exact) mass is 385 g/mol. The molecule has 0 amide bonds. The Labute approximate surface area is 159 Å². The predicted octanol–water partition coefficient (Wildman–Crippen LogP) is 1.07. The molecule has 2 fully saturated rings.